The molecule has 0 radical (unpaired) electrons. The number of nitrogen functional groups attached to an aromatic ring is 1. The molecule has 2 N–H and O–H groups in total. The van der Waals surface area contributed by atoms with E-state index in [1.807, 2.05) is 19.2 Å². The summed E-state index contributed by atoms with van der Waals surface area (Å²) in [5.74, 6) is 0.0515. The van der Waals surface area contributed by atoms with E-state index in [0.717, 1.165) is 24.9 Å². The van der Waals surface area contributed by atoms with Crippen LogP contribution in [0.4, 0.5) is 5.69 Å². The number of carbonyl (C=O) groups excluding carboxylic acids is 1. The first-order chi connectivity index (χ1) is 6.70. The van der Waals surface area contributed by atoms with Gasteiger partial charge in [0.1, 0.15) is 0 Å². The molecule has 1 aliphatic rings. The topological polar surface area (TPSA) is 46.3 Å². The number of nitrogens with zero attached hydrogens (tertiary/aromatic N) is 1. The van der Waals surface area contributed by atoms with Gasteiger partial charge in [-0.2, -0.15) is 0 Å². The number of amides is 1. The molecular weight excluding hydrogens is 176 g/mol. The van der Waals surface area contributed by atoms with Crippen molar-refractivity contribution in [1.82, 2.24) is 4.90 Å². The van der Waals surface area contributed by atoms with Crippen LogP contribution < -0.4 is 5.73 Å². The molecule has 0 aromatic heterocycles. The molecule has 1 aromatic carbocycles. The summed E-state index contributed by atoms with van der Waals surface area (Å²) in [6, 6.07) is 5.69. The number of anilines is 1. The molecule has 0 bridgehead atoms. The van der Waals surface area contributed by atoms with Gasteiger partial charge < -0.3 is 10.6 Å². The van der Waals surface area contributed by atoms with Crippen molar-refractivity contribution in [2.75, 3.05) is 19.3 Å². The Morgan fingerprint density at radius 3 is 3.00 bits per heavy atom. The van der Waals surface area contributed by atoms with Crippen molar-refractivity contribution in [3.05, 3.63) is 29.3 Å². The van der Waals surface area contributed by atoms with Gasteiger partial charge in [0.25, 0.3) is 5.91 Å². The zero-order valence-corrected chi connectivity index (χ0v) is 8.29. The van der Waals surface area contributed by atoms with Crippen molar-refractivity contribution in [2.24, 2.45) is 0 Å². The molecule has 0 fully saturated rings. The van der Waals surface area contributed by atoms with Gasteiger partial charge in [-0.25, -0.2) is 0 Å². The van der Waals surface area contributed by atoms with Gasteiger partial charge in [0.05, 0.1) is 5.56 Å². The second-order valence-electron chi connectivity index (χ2n) is 3.71. The number of hydrogen-bond donors (Lipinski definition) is 1. The van der Waals surface area contributed by atoms with Crippen LogP contribution in [0.3, 0.4) is 0 Å². The molecule has 1 heterocycles. The number of hydrogen-bond acceptors (Lipinski definition) is 2. The Morgan fingerprint density at radius 1 is 1.43 bits per heavy atom. The van der Waals surface area contributed by atoms with E-state index in [-0.39, 0.29) is 5.91 Å². The van der Waals surface area contributed by atoms with Gasteiger partial charge in [-0.15, -0.1) is 0 Å². The van der Waals surface area contributed by atoms with Crippen LogP contribution in [0, 0.1) is 0 Å². The molecular formula is C11H14N2O. The van der Waals surface area contributed by atoms with E-state index in [9.17, 15) is 4.79 Å². The predicted molar refractivity (Wildman–Crippen MR) is 56.1 cm³/mol. The third-order valence-corrected chi connectivity index (χ3v) is 2.68. The van der Waals surface area contributed by atoms with E-state index in [1.165, 1.54) is 0 Å². The second kappa shape index (κ2) is 3.33. The monoisotopic (exact) mass is 190 g/mol. The van der Waals surface area contributed by atoms with Gasteiger partial charge in [-0.1, -0.05) is 12.1 Å². The lowest BCUT2D eigenvalue weighted by Crippen LogP contribution is -2.26. The van der Waals surface area contributed by atoms with Crippen LogP contribution in [0.15, 0.2) is 18.2 Å². The predicted octanol–water partition coefficient (Wildman–Crippen LogP) is 1.29. The molecule has 2 rings (SSSR count). The van der Waals surface area contributed by atoms with Crippen molar-refractivity contribution in [3.8, 4) is 0 Å². The van der Waals surface area contributed by atoms with Gasteiger partial charge in [-0.05, 0) is 24.5 Å². The van der Waals surface area contributed by atoms with E-state index in [2.05, 4.69) is 0 Å². The third-order valence-electron chi connectivity index (χ3n) is 2.68. The average Bonchev–Trinajstić information content (AvgIpc) is 2.29. The molecule has 3 nitrogen and oxygen atoms in total. The zero-order valence-electron chi connectivity index (χ0n) is 8.29. The first kappa shape index (κ1) is 9.06. The molecule has 0 saturated carbocycles. The molecule has 0 saturated heterocycles. The molecule has 0 unspecified atom stereocenters. The summed E-state index contributed by atoms with van der Waals surface area (Å²) < 4.78 is 0. The molecule has 14 heavy (non-hydrogen) atoms. The quantitative estimate of drug-likeness (QED) is 0.626. The molecule has 1 amide bonds. The summed E-state index contributed by atoms with van der Waals surface area (Å²) in [6.45, 7) is 0.812. The van der Waals surface area contributed by atoms with Crippen LogP contribution >= 0.6 is 0 Å². The highest BCUT2D eigenvalue weighted by Crippen LogP contribution is 2.22. The minimum Gasteiger partial charge on any atom is -0.398 e. The van der Waals surface area contributed by atoms with Crippen molar-refractivity contribution >= 4 is 11.6 Å². The maximum absolute atomic E-state index is 11.9. The Hall–Kier alpha value is -1.51. The molecule has 0 atom stereocenters. The Balaban J connectivity index is 2.55. The molecule has 1 aliphatic heterocycles. The fourth-order valence-corrected chi connectivity index (χ4v) is 1.89. The van der Waals surface area contributed by atoms with Gasteiger partial charge in [0, 0.05) is 19.3 Å². The van der Waals surface area contributed by atoms with Crippen LogP contribution in [0.2, 0.25) is 0 Å². The minimum absolute atomic E-state index is 0.0515. The lowest BCUT2D eigenvalue weighted by atomic mass is 10.0. The highest BCUT2D eigenvalue weighted by Gasteiger charge is 2.21. The van der Waals surface area contributed by atoms with Crippen molar-refractivity contribution in [1.29, 1.82) is 0 Å². The minimum atomic E-state index is 0.0515. The second-order valence-corrected chi connectivity index (χ2v) is 3.71. The van der Waals surface area contributed by atoms with E-state index in [0.29, 0.717) is 11.3 Å². The molecule has 0 aliphatic carbocycles. The Bertz CT molecular complexity index is 374. The number of benzene rings is 1. The molecule has 1 aromatic rings. The SMILES string of the molecule is CN1CCCc2cccc(N)c2C1=O. The lowest BCUT2D eigenvalue weighted by molar-refractivity contribution is 0.0801. The van der Waals surface area contributed by atoms with Crippen LogP contribution in [0.25, 0.3) is 0 Å². The Kier molecular flexibility index (Phi) is 2.15. The summed E-state index contributed by atoms with van der Waals surface area (Å²) in [7, 11) is 1.82. The molecule has 3 heteroatoms. The summed E-state index contributed by atoms with van der Waals surface area (Å²) in [6.07, 6.45) is 1.95. The smallest absolute Gasteiger partial charge is 0.255 e. The maximum Gasteiger partial charge on any atom is 0.255 e. The highest BCUT2D eigenvalue weighted by molar-refractivity contribution is 6.00. The lowest BCUT2D eigenvalue weighted by Gasteiger charge is -2.15. The number of carbonyl (C=O) groups is 1. The molecule has 0 spiro atoms. The standard InChI is InChI=1S/C11H14N2O/c1-13-7-3-5-8-4-2-6-9(12)10(8)11(13)14/h2,4,6H,3,5,7,12H2,1H3. The van der Waals surface area contributed by atoms with Gasteiger partial charge >= 0.3 is 0 Å². The van der Waals surface area contributed by atoms with Gasteiger partial charge in [0.15, 0.2) is 0 Å². The first-order valence-corrected chi connectivity index (χ1v) is 4.83. The summed E-state index contributed by atoms with van der Waals surface area (Å²) in [4.78, 5) is 13.6. The maximum atomic E-state index is 11.9. The van der Waals surface area contributed by atoms with Crippen LogP contribution in [0.5, 0.6) is 0 Å². The van der Waals surface area contributed by atoms with Crippen LogP contribution in [-0.2, 0) is 6.42 Å². The van der Waals surface area contributed by atoms with Crippen molar-refractivity contribution < 1.29 is 4.79 Å². The van der Waals surface area contributed by atoms with Crippen LogP contribution in [0.1, 0.15) is 22.3 Å². The Labute approximate surface area is 83.5 Å². The summed E-state index contributed by atoms with van der Waals surface area (Å²) in [5, 5.41) is 0. The average molecular weight is 190 g/mol. The first-order valence-electron chi connectivity index (χ1n) is 4.83. The zero-order chi connectivity index (χ0) is 10.1. The largest absolute Gasteiger partial charge is 0.398 e. The number of fused-ring (bicyclic) bond motifs is 1. The molecule has 74 valence electrons. The van der Waals surface area contributed by atoms with Crippen molar-refractivity contribution in [3.63, 3.8) is 0 Å². The van der Waals surface area contributed by atoms with E-state index >= 15 is 0 Å². The fourth-order valence-electron chi connectivity index (χ4n) is 1.89. The fraction of sp³-hybridized carbons (Fsp3) is 0.364. The van der Waals surface area contributed by atoms with E-state index in [4.69, 9.17) is 5.73 Å². The highest BCUT2D eigenvalue weighted by atomic mass is 16.2. The normalized spacial score (nSPS) is 16.4. The van der Waals surface area contributed by atoms with Gasteiger partial charge in [0.2, 0.25) is 0 Å². The summed E-state index contributed by atoms with van der Waals surface area (Å²) in [5.41, 5.74) is 8.20. The van der Waals surface area contributed by atoms with Crippen molar-refractivity contribution in [2.45, 2.75) is 12.8 Å². The number of aryl methyl sites for hydroxylation is 1. The van der Waals surface area contributed by atoms with Crippen LogP contribution in [-0.4, -0.2) is 24.4 Å². The number of nitrogens with two attached hydrogens (primary N) is 1. The van der Waals surface area contributed by atoms with E-state index < -0.39 is 0 Å². The summed E-state index contributed by atoms with van der Waals surface area (Å²) >= 11 is 0. The third kappa shape index (κ3) is 1.35. The Morgan fingerprint density at radius 2 is 2.21 bits per heavy atom. The van der Waals surface area contributed by atoms with Gasteiger partial charge in [-0.3, -0.25) is 4.79 Å². The number of rotatable bonds is 0. The van der Waals surface area contributed by atoms with E-state index in [1.54, 1.807) is 11.0 Å².